The molecule has 0 fully saturated rings. The molecule has 2 aromatic carbocycles. The highest BCUT2D eigenvalue weighted by Gasteiger charge is 2.49. The summed E-state index contributed by atoms with van der Waals surface area (Å²) in [4.78, 5) is 27.4. The second kappa shape index (κ2) is 9.12. The van der Waals surface area contributed by atoms with E-state index >= 15 is 0 Å². The van der Waals surface area contributed by atoms with Crippen molar-refractivity contribution in [1.29, 1.82) is 0 Å². The number of carbonyl (C=O) groups is 1. The zero-order valence-corrected chi connectivity index (χ0v) is 17.8. The fraction of sp³-hybridized carbons (Fsp3) is 0.250. The molecule has 0 radical (unpaired) electrons. The second-order valence-corrected chi connectivity index (χ2v) is 7.86. The maximum Gasteiger partial charge on any atom is 0.405 e. The lowest BCUT2D eigenvalue weighted by atomic mass is 9.73. The molecule has 0 aliphatic heterocycles. The maximum atomic E-state index is 13.4. The number of hydrogen-bond donors (Lipinski definition) is 1. The smallest absolute Gasteiger partial charge is 0.405 e. The van der Waals surface area contributed by atoms with Gasteiger partial charge in [0.1, 0.15) is 18.2 Å². The van der Waals surface area contributed by atoms with E-state index in [9.17, 15) is 28.1 Å². The van der Waals surface area contributed by atoms with Gasteiger partial charge in [0, 0.05) is 12.1 Å². The topological polar surface area (TPSA) is 94.4 Å². The SMILES string of the molecule is O=C(NCC(F)(F)F)C1(CCCOc2ccc([N+](=O)[O-])cn2)c2ccccc2-c2ccccc21. The molecular formula is C24H20F3N3O4. The number of carbonyl (C=O) groups excluding carboxylic acids is 1. The lowest BCUT2D eigenvalue weighted by Crippen LogP contribution is -2.47. The molecule has 34 heavy (non-hydrogen) atoms. The molecule has 1 amide bonds. The van der Waals surface area contributed by atoms with E-state index in [0.29, 0.717) is 17.5 Å². The van der Waals surface area contributed by atoms with Crippen molar-refractivity contribution in [3.05, 3.63) is 88.1 Å². The molecule has 0 spiro atoms. The Morgan fingerprint density at radius 1 is 1.03 bits per heavy atom. The fourth-order valence-corrected chi connectivity index (χ4v) is 4.36. The van der Waals surface area contributed by atoms with Crippen LogP contribution in [-0.4, -0.2) is 35.1 Å². The second-order valence-electron chi connectivity index (χ2n) is 7.86. The first-order chi connectivity index (χ1) is 16.2. The molecule has 0 bridgehead atoms. The average Bonchev–Trinajstić information content (AvgIpc) is 3.11. The molecule has 0 saturated carbocycles. The van der Waals surface area contributed by atoms with Gasteiger partial charge in [0.2, 0.25) is 11.8 Å². The summed E-state index contributed by atoms with van der Waals surface area (Å²) < 4.78 is 44.3. The van der Waals surface area contributed by atoms with Crippen LogP contribution in [0.4, 0.5) is 18.9 Å². The standard InChI is InChI=1S/C24H20F3N3O4/c25-24(26,27)15-29-22(31)23(12-5-13-34-21-11-10-16(14-28-21)30(32)33)19-8-3-1-6-17(19)18-7-2-4-9-20(18)23/h1-4,6-11,14H,5,12-13,15H2,(H,29,31). The first-order valence-electron chi connectivity index (χ1n) is 10.5. The molecule has 1 heterocycles. The molecule has 176 valence electrons. The Morgan fingerprint density at radius 3 is 2.18 bits per heavy atom. The molecule has 3 aromatic rings. The number of aromatic nitrogens is 1. The van der Waals surface area contributed by atoms with E-state index in [-0.39, 0.29) is 24.6 Å². The Kier molecular flexibility index (Phi) is 6.23. The molecule has 1 aliphatic rings. The van der Waals surface area contributed by atoms with Crippen molar-refractivity contribution in [1.82, 2.24) is 10.3 Å². The average molecular weight is 471 g/mol. The summed E-state index contributed by atoms with van der Waals surface area (Å²) in [6.45, 7) is -1.31. The lowest BCUT2D eigenvalue weighted by Gasteiger charge is -2.31. The van der Waals surface area contributed by atoms with Gasteiger partial charge in [-0.3, -0.25) is 14.9 Å². The van der Waals surface area contributed by atoms with E-state index in [1.165, 1.54) is 12.1 Å². The van der Waals surface area contributed by atoms with Gasteiger partial charge in [-0.25, -0.2) is 4.98 Å². The number of ether oxygens (including phenoxy) is 1. The van der Waals surface area contributed by atoms with Crippen molar-refractivity contribution in [2.45, 2.75) is 24.4 Å². The maximum absolute atomic E-state index is 13.4. The molecule has 4 rings (SSSR count). The van der Waals surface area contributed by atoms with Crippen molar-refractivity contribution < 1.29 is 27.6 Å². The Morgan fingerprint density at radius 2 is 1.65 bits per heavy atom. The van der Waals surface area contributed by atoms with Gasteiger partial charge < -0.3 is 10.1 Å². The van der Waals surface area contributed by atoms with E-state index in [2.05, 4.69) is 10.3 Å². The number of hydrogen-bond acceptors (Lipinski definition) is 5. The van der Waals surface area contributed by atoms with Gasteiger partial charge in [0.05, 0.1) is 11.5 Å². The molecule has 10 heteroatoms. The van der Waals surface area contributed by atoms with Gasteiger partial charge in [-0.15, -0.1) is 0 Å². The number of nitrogens with one attached hydrogen (secondary N) is 1. The summed E-state index contributed by atoms with van der Waals surface area (Å²) >= 11 is 0. The number of amides is 1. The third-order valence-electron chi connectivity index (χ3n) is 5.78. The zero-order valence-electron chi connectivity index (χ0n) is 17.8. The normalized spacial score (nSPS) is 13.6. The first-order valence-corrected chi connectivity index (χ1v) is 10.5. The van der Waals surface area contributed by atoms with Gasteiger partial charge in [0.25, 0.3) is 5.69 Å². The third-order valence-corrected chi connectivity index (χ3v) is 5.78. The minimum atomic E-state index is -4.54. The van der Waals surface area contributed by atoms with E-state index in [0.717, 1.165) is 17.3 Å². The largest absolute Gasteiger partial charge is 0.478 e. The van der Waals surface area contributed by atoms with Crippen LogP contribution in [0.25, 0.3) is 11.1 Å². The Balaban J connectivity index is 1.59. The Hall–Kier alpha value is -3.95. The number of pyridine rings is 1. The number of benzene rings is 2. The lowest BCUT2D eigenvalue weighted by molar-refractivity contribution is -0.385. The van der Waals surface area contributed by atoms with E-state index in [4.69, 9.17) is 4.74 Å². The number of nitro groups is 1. The summed E-state index contributed by atoms with van der Waals surface area (Å²) in [7, 11) is 0. The number of rotatable bonds is 8. The molecule has 1 aliphatic carbocycles. The minimum absolute atomic E-state index is 0.115. The van der Waals surface area contributed by atoms with Gasteiger partial charge in [-0.1, -0.05) is 48.5 Å². The molecule has 0 unspecified atom stereocenters. The molecular weight excluding hydrogens is 451 g/mol. The van der Waals surface area contributed by atoms with Gasteiger partial charge in [-0.2, -0.15) is 13.2 Å². The zero-order chi connectivity index (χ0) is 24.3. The molecule has 1 aromatic heterocycles. The van der Waals surface area contributed by atoms with Crippen molar-refractivity contribution >= 4 is 11.6 Å². The fourth-order valence-electron chi connectivity index (χ4n) is 4.36. The van der Waals surface area contributed by atoms with Crippen LogP contribution >= 0.6 is 0 Å². The van der Waals surface area contributed by atoms with Crippen LogP contribution in [0.15, 0.2) is 66.9 Å². The number of halogens is 3. The van der Waals surface area contributed by atoms with Crippen LogP contribution in [0.5, 0.6) is 5.88 Å². The van der Waals surface area contributed by atoms with Crippen LogP contribution in [0, 0.1) is 10.1 Å². The highest BCUT2D eigenvalue weighted by Crippen LogP contribution is 2.51. The molecule has 0 saturated heterocycles. The van der Waals surface area contributed by atoms with E-state index in [1.54, 1.807) is 24.3 Å². The van der Waals surface area contributed by atoms with Crippen molar-refractivity contribution in [3.63, 3.8) is 0 Å². The van der Waals surface area contributed by atoms with E-state index in [1.807, 2.05) is 24.3 Å². The molecule has 0 atom stereocenters. The quantitative estimate of drug-likeness (QED) is 0.290. The monoisotopic (exact) mass is 471 g/mol. The van der Waals surface area contributed by atoms with Crippen LogP contribution in [0.3, 0.4) is 0 Å². The molecule has 1 N–H and O–H groups in total. The predicted octanol–water partition coefficient (Wildman–Crippen LogP) is 4.79. The van der Waals surface area contributed by atoms with Crippen molar-refractivity contribution in [2.24, 2.45) is 0 Å². The van der Waals surface area contributed by atoms with E-state index < -0.39 is 29.0 Å². The van der Waals surface area contributed by atoms with Gasteiger partial charge in [0.15, 0.2) is 0 Å². The van der Waals surface area contributed by atoms with Crippen molar-refractivity contribution in [2.75, 3.05) is 13.2 Å². The minimum Gasteiger partial charge on any atom is -0.478 e. The summed E-state index contributed by atoms with van der Waals surface area (Å²) in [6, 6.07) is 17.0. The first kappa shape index (κ1) is 23.2. The summed E-state index contributed by atoms with van der Waals surface area (Å²) in [5, 5.41) is 12.8. The predicted molar refractivity (Wildman–Crippen MR) is 117 cm³/mol. The molecule has 7 nitrogen and oxygen atoms in total. The summed E-state index contributed by atoms with van der Waals surface area (Å²) in [5.74, 6) is -0.552. The van der Waals surface area contributed by atoms with Crippen LogP contribution in [0.2, 0.25) is 0 Å². The Labute approximate surface area is 192 Å². The van der Waals surface area contributed by atoms with Crippen molar-refractivity contribution in [3.8, 4) is 17.0 Å². The van der Waals surface area contributed by atoms with Crippen LogP contribution in [-0.2, 0) is 10.2 Å². The summed E-state index contributed by atoms with van der Waals surface area (Å²) in [6.07, 6.45) is -2.96. The van der Waals surface area contributed by atoms with Gasteiger partial charge in [-0.05, 0) is 35.1 Å². The van der Waals surface area contributed by atoms with Crippen LogP contribution in [0.1, 0.15) is 24.0 Å². The van der Waals surface area contributed by atoms with Gasteiger partial charge >= 0.3 is 6.18 Å². The third kappa shape index (κ3) is 4.43. The number of nitrogens with zero attached hydrogens (tertiary/aromatic N) is 2. The highest BCUT2D eigenvalue weighted by atomic mass is 19.4. The van der Waals surface area contributed by atoms with Crippen LogP contribution < -0.4 is 10.1 Å². The summed E-state index contributed by atoms with van der Waals surface area (Å²) in [5.41, 5.74) is 1.40. The number of fused-ring (bicyclic) bond motifs is 3. The number of alkyl halides is 3. The highest BCUT2D eigenvalue weighted by molar-refractivity contribution is 6.00. The Bertz CT molecular complexity index is 1170.